The van der Waals surface area contributed by atoms with Crippen LogP contribution in [0.15, 0.2) is 83.1 Å². The van der Waals surface area contributed by atoms with Gasteiger partial charge in [-0.05, 0) is 42.3 Å². The summed E-state index contributed by atoms with van der Waals surface area (Å²) in [6.45, 7) is 2.02. The minimum absolute atomic E-state index is 0.180. The summed E-state index contributed by atoms with van der Waals surface area (Å²) in [5.74, 6) is 0. The molecule has 0 saturated heterocycles. The van der Waals surface area contributed by atoms with Gasteiger partial charge in [0.25, 0.3) is 13.9 Å². The Kier molecular flexibility index (Phi) is 6.58. The number of sulfonamides is 1. The zero-order valence-corrected chi connectivity index (χ0v) is 20.7. The molecule has 2 N–H and O–H groups in total. The number of anilines is 2. The number of carbonyl (C=O) groups excluding carboxylic acids is 1. The van der Waals surface area contributed by atoms with Gasteiger partial charge in [-0.25, -0.2) is 13.4 Å². The second kappa shape index (κ2) is 9.39. The van der Waals surface area contributed by atoms with E-state index in [-0.39, 0.29) is 8.81 Å². The molecule has 1 heterocycles. The van der Waals surface area contributed by atoms with Gasteiger partial charge in [0.15, 0.2) is 5.13 Å². The van der Waals surface area contributed by atoms with E-state index in [1.807, 2.05) is 37.3 Å². The van der Waals surface area contributed by atoms with E-state index < -0.39 is 10.0 Å². The minimum Gasteiger partial charge on any atom is -0.293 e. The Hall–Kier alpha value is -2.76. The highest BCUT2D eigenvalue weighted by Gasteiger charge is 2.15. The molecule has 0 unspecified atom stereocenters. The number of carbonyl (C=O) groups is 1. The number of nitrogens with one attached hydrogen (secondary N) is 2. The van der Waals surface area contributed by atoms with Crippen LogP contribution in [0.3, 0.4) is 0 Å². The number of rotatable bonds is 6. The third-order valence-corrected chi connectivity index (χ3v) is 7.09. The fraction of sp³-hybridized carbons (Fsp3) is 0.0435. The first-order chi connectivity index (χ1) is 15.3. The van der Waals surface area contributed by atoms with Crippen molar-refractivity contribution in [2.45, 2.75) is 11.8 Å². The minimum atomic E-state index is -3.75. The van der Waals surface area contributed by atoms with Gasteiger partial charge in [0.1, 0.15) is 0 Å². The van der Waals surface area contributed by atoms with Crippen molar-refractivity contribution < 1.29 is 13.2 Å². The van der Waals surface area contributed by atoms with Crippen LogP contribution in [0.25, 0.3) is 22.4 Å². The van der Waals surface area contributed by atoms with Crippen molar-refractivity contribution in [2.24, 2.45) is 0 Å². The van der Waals surface area contributed by atoms with Gasteiger partial charge in [0.2, 0.25) is 0 Å². The van der Waals surface area contributed by atoms with Crippen molar-refractivity contribution in [3.63, 3.8) is 0 Å². The second-order valence-corrected chi connectivity index (χ2v) is 10.5. The fourth-order valence-electron chi connectivity index (χ4n) is 3.08. The molecular formula is C23H18IN3O3S2. The molecule has 0 atom stereocenters. The van der Waals surface area contributed by atoms with Crippen LogP contribution in [-0.2, 0) is 10.0 Å². The summed E-state index contributed by atoms with van der Waals surface area (Å²) in [7, 11) is -3.75. The van der Waals surface area contributed by atoms with Crippen molar-refractivity contribution >= 4 is 58.7 Å². The standard InChI is InChI=1S/C23H18IN3O3S2/c1-15-5-7-16(8-6-15)17-9-11-20(12-10-17)32(29,30)27-19-4-2-3-18(13-19)21-14-31-23(25-21)26-22(24)28/h2-14,27H,1H3,(H,25,26,28). The first-order valence-electron chi connectivity index (χ1n) is 9.52. The third-order valence-electron chi connectivity index (χ3n) is 4.67. The molecule has 0 bridgehead atoms. The van der Waals surface area contributed by atoms with Gasteiger partial charge in [-0.15, -0.1) is 11.3 Å². The lowest BCUT2D eigenvalue weighted by atomic mass is 10.0. The van der Waals surface area contributed by atoms with Gasteiger partial charge in [0.05, 0.1) is 10.6 Å². The molecule has 0 radical (unpaired) electrons. The van der Waals surface area contributed by atoms with Gasteiger partial charge in [0, 0.05) is 39.2 Å². The molecule has 0 fully saturated rings. The maximum Gasteiger partial charge on any atom is 0.286 e. The van der Waals surface area contributed by atoms with Gasteiger partial charge >= 0.3 is 0 Å². The lowest BCUT2D eigenvalue weighted by Crippen LogP contribution is -2.12. The number of aromatic nitrogens is 1. The molecule has 4 rings (SSSR count). The smallest absolute Gasteiger partial charge is 0.286 e. The zero-order chi connectivity index (χ0) is 22.7. The quantitative estimate of drug-likeness (QED) is 0.155. The summed E-state index contributed by atoms with van der Waals surface area (Å²) >= 11 is 2.94. The van der Waals surface area contributed by atoms with Crippen molar-refractivity contribution in [3.8, 4) is 22.4 Å². The maximum absolute atomic E-state index is 12.9. The summed E-state index contributed by atoms with van der Waals surface area (Å²) in [6, 6.07) is 21.8. The van der Waals surface area contributed by atoms with E-state index >= 15 is 0 Å². The highest BCUT2D eigenvalue weighted by atomic mass is 127. The van der Waals surface area contributed by atoms with Crippen molar-refractivity contribution in [1.82, 2.24) is 4.98 Å². The topological polar surface area (TPSA) is 88.2 Å². The van der Waals surface area contributed by atoms with Gasteiger partial charge < -0.3 is 0 Å². The van der Waals surface area contributed by atoms with Crippen LogP contribution in [0.4, 0.5) is 15.6 Å². The van der Waals surface area contributed by atoms with Gasteiger partial charge in [-0.3, -0.25) is 14.8 Å². The Labute approximate surface area is 203 Å². The number of thiazole rings is 1. The van der Waals surface area contributed by atoms with E-state index in [9.17, 15) is 13.2 Å². The first-order valence-corrected chi connectivity index (χ1v) is 13.0. The number of hydrogen-bond acceptors (Lipinski definition) is 5. The SMILES string of the molecule is Cc1ccc(-c2ccc(S(=O)(=O)Nc3cccc(-c4csc(NC(=O)I)n4)c3)cc2)cc1. The summed E-state index contributed by atoms with van der Waals surface area (Å²) in [4.78, 5) is 15.7. The fourth-order valence-corrected chi connectivity index (χ4v) is 5.28. The molecule has 0 spiro atoms. The average molecular weight is 575 g/mol. The van der Waals surface area contributed by atoms with Crippen LogP contribution in [-0.4, -0.2) is 17.3 Å². The highest BCUT2D eigenvalue weighted by molar-refractivity contribution is 14.1. The van der Waals surface area contributed by atoms with E-state index in [2.05, 4.69) is 15.0 Å². The number of benzene rings is 3. The molecular weight excluding hydrogens is 557 g/mol. The molecule has 1 aromatic heterocycles. The monoisotopic (exact) mass is 575 g/mol. The molecule has 0 aliphatic carbocycles. The Bertz CT molecular complexity index is 1370. The number of nitrogens with zero attached hydrogens (tertiary/aromatic N) is 1. The molecule has 6 nitrogen and oxygen atoms in total. The predicted octanol–water partition coefficient (Wildman–Crippen LogP) is 6.55. The lowest BCUT2D eigenvalue weighted by molar-refractivity contribution is 0.272. The normalized spacial score (nSPS) is 11.2. The first kappa shape index (κ1) is 22.4. The molecule has 32 heavy (non-hydrogen) atoms. The van der Waals surface area contributed by atoms with Gasteiger partial charge in [-0.2, -0.15) is 0 Å². The summed E-state index contributed by atoms with van der Waals surface area (Å²) in [5, 5.41) is 4.92. The molecule has 9 heteroatoms. The molecule has 1 amide bonds. The number of aryl methyl sites for hydroxylation is 1. The van der Waals surface area contributed by atoms with Crippen LogP contribution in [0.2, 0.25) is 0 Å². The molecule has 0 aliphatic rings. The van der Waals surface area contributed by atoms with Crippen LogP contribution in [0, 0.1) is 6.92 Å². The summed E-state index contributed by atoms with van der Waals surface area (Å²) in [6.07, 6.45) is 0. The van der Waals surface area contributed by atoms with E-state index in [0.717, 1.165) is 16.7 Å². The number of hydrogen-bond donors (Lipinski definition) is 2. The third kappa shape index (κ3) is 5.34. The van der Waals surface area contributed by atoms with Crippen LogP contribution in [0.1, 0.15) is 5.56 Å². The van der Waals surface area contributed by atoms with Crippen LogP contribution >= 0.6 is 33.9 Å². The van der Waals surface area contributed by atoms with E-state index in [1.165, 1.54) is 16.9 Å². The Morgan fingerprint density at radius 2 is 1.59 bits per heavy atom. The largest absolute Gasteiger partial charge is 0.293 e. The summed E-state index contributed by atoms with van der Waals surface area (Å²) < 4.78 is 28.2. The van der Waals surface area contributed by atoms with Gasteiger partial charge in [-0.1, -0.05) is 54.1 Å². The van der Waals surface area contributed by atoms with E-state index in [1.54, 1.807) is 70.4 Å². The van der Waals surface area contributed by atoms with E-state index in [4.69, 9.17) is 0 Å². The lowest BCUT2D eigenvalue weighted by Gasteiger charge is -2.10. The Balaban J connectivity index is 1.53. The van der Waals surface area contributed by atoms with Crippen LogP contribution in [0.5, 0.6) is 0 Å². The van der Waals surface area contributed by atoms with Crippen molar-refractivity contribution in [3.05, 3.63) is 83.7 Å². The van der Waals surface area contributed by atoms with E-state index in [0.29, 0.717) is 16.5 Å². The van der Waals surface area contributed by atoms with Crippen molar-refractivity contribution in [2.75, 3.05) is 10.0 Å². The maximum atomic E-state index is 12.9. The molecule has 0 aliphatic heterocycles. The van der Waals surface area contributed by atoms with Crippen LogP contribution < -0.4 is 10.0 Å². The molecule has 4 aromatic rings. The average Bonchev–Trinajstić information content (AvgIpc) is 3.22. The Morgan fingerprint density at radius 1 is 0.938 bits per heavy atom. The van der Waals surface area contributed by atoms with Crippen molar-refractivity contribution in [1.29, 1.82) is 0 Å². The number of amides is 1. The number of halogens is 1. The zero-order valence-electron chi connectivity index (χ0n) is 16.9. The Morgan fingerprint density at radius 3 is 2.25 bits per heavy atom. The molecule has 3 aromatic carbocycles. The molecule has 162 valence electrons. The highest BCUT2D eigenvalue weighted by Crippen LogP contribution is 2.28. The molecule has 0 saturated carbocycles. The predicted molar refractivity (Wildman–Crippen MR) is 138 cm³/mol. The summed E-state index contributed by atoms with van der Waals surface area (Å²) in [5.41, 5.74) is 4.97. The second-order valence-electron chi connectivity index (χ2n) is 7.01.